The van der Waals surface area contributed by atoms with Gasteiger partial charge in [0.1, 0.15) is 0 Å². The molecule has 1 N–H and O–H groups in total. The van der Waals surface area contributed by atoms with E-state index in [0.717, 1.165) is 16.7 Å². The minimum Gasteiger partial charge on any atom is -0.302 e. The van der Waals surface area contributed by atoms with Gasteiger partial charge in [0, 0.05) is 10.6 Å². The summed E-state index contributed by atoms with van der Waals surface area (Å²) in [5.41, 5.74) is 3.66. The van der Waals surface area contributed by atoms with Gasteiger partial charge in [0.25, 0.3) is 5.91 Å². The molecule has 0 fully saturated rings. The fourth-order valence-electron chi connectivity index (χ4n) is 2.29. The van der Waals surface area contributed by atoms with Crippen LogP contribution in [0.1, 0.15) is 21.5 Å². The number of halogens is 2. The maximum atomic E-state index is 12.4. The van der Waals surface area contributed by atoms with E-state index in [1.54, 1.807) is 12.1 Å². The molecule has 0 spiro atoms. The van der Waals surface area contributed by atoms with Crippen molar-refractivity contribution in [3.8, 4) is 11.3 Å². The van der Waals surface area contributed by atoms with Crippen molar-refractivity contribution in [3.05, 3.63) is 63.1 Å². The third-order valence-electron chi connectivity index (χ3n) is 3.54. The van der Waals surface area contributed by atoms with Crippen LogP contribution in [0.3, 0.4) is 0 Å². The van der Waals surface area contributed by atoms with Gasteiger partial charge >= 0.3 is 0 Å². The van der Waals surface area contributed by atoms with Crippen LogP contribution >= 0.6 is 23.2 Å². The van der Waals surface area contributed by atoms with Crippen LogP contribution in [0.5, 0.6) is 0 Å². The summed E-state index contributed by atoms with van der Waals surface area (Å²) in [5.74, 6) is -0.182. The standard InChI is InChI=1S/C17H13Cl2N3O2/c1-9-3-4-10(2)13(7-9)15-16(22-24-21-15)20-17(23)12-6-5-11(18)8-14(12)19/h3-8H,1-2H3,(H,20,22,23). The highest BCUT2D eigenvalue weighted by atomic mass is 35.5. The fraction of sp³-hybridized carbons (Fsp3) is 0.118. The molecule has 24 heavy (non-hydrogen) atoms. The molecule has 3 rings (SSSR count). The number of amides is 1. The first-order valence-corrected chi connectivity index (χ1v) is 7.88. The van der Waals surface area contributed by atoms with Crippen LogP contribution in [-0.4, -0.2) is 16.2 Å². The molecule has 1 amide bonds. The van der Waals surface area contributed by atoms with Crippen molar-refractivity contribution in [1.82, 2.24) is 10.3 Å². The number of carbonyl (C=O) groups excluding carboxylic acids is 1. The zero-order chi connectivity index (χ0) is 17.3. The second kappa shape index (κ2) is 6.63. The molecule has 3 aromatic rings. The number of aryl methyl sites for hydroxylation is 2. The molecule has 0 unspecified atom stereocenters. The van der Waals surface area contributed by atoms with E-state index in [2.05, 4.69) is 15.6 Å². The molecule has 0 bridgehead atoms. The van der Waals surface area contributed by atoms with Gasteiger partial charge in [-0.1, -0.05) is 40.9 Å². The summed E-state index contributed by atoms with van der Waals surface area (Å²) < 4.78 is 4.81. The molecule has 0 saturated carbocycles. The third-order valence-corrected chi connectivity index (χ3v) is 4.09. The van der Waals surface area contributed by atoms with E-state index in [4.69, 9.17) is 27.8 Å². The summed E-state index contributed by atoms with van der Waals surface area (Å²) in [6, 6.07) is 10.6. The van der Waals surface area contributed by atoms with Crippen LogP contribution in [0.2, 0.25) is 10.0 Å². The van der Waals surface area contributed by atoms with Gasteiger partial charge in [-0.05, 0) is 54.0 Å². The number of nitrogens with zero attached hydrogens (tertiary/aromatic N) is 2. The Bertz CT molecular complexity index is 922. The van der Waals surface area contributed by atoms with Crippen LogP contribution in [0.15, 0.2) is 41.0 Å². The highest BCUT2D eigenvalue weighted by molar-refractivity contribution is 6.37. The third kappa shape index (κ3) is 3.27. The van der Waals surface area contributed by atoms with Crippen LogP contribution in [-0.2, 0) is 0 Å². The molecule has 0 radical (unpaired) electrons. The lowest BCUT2D eigenvalue weighted by molar-refractivity contribution is 0.102. The lowest BCUT2D eigenvalue weighted by Crippen LogP contribution is -2.13. The Labute approximate surface area is 148 Å². The summed E-state index contributed by atoms with van der Waals surface area (Å²) >= 11 is 11.9. The van der Waals surface area contributed by atoms with E-state index in [1.807, 2.05) is 32.0 Å². The molecule has 2 aromatic carbocycles. The zero-order valence-corrected chi connectivity index (χ0v) is 14.4. The molecule has 5 nitrogen and oxygen atoms in total. The zero-order valence-electron chi connectivity index (χ0n) is 12.9. The van der Waals surface area contributed by atoms with E-state index < -0.39 is 5.91 Å². The average Bonchev–Trinajstić information content (AvgIpc) is 2.97. The molecule has 0 atom stereocenters. The molecule has 1 aromatic heterocycles. The fourth-order valence-corrected chi connectivity index (χ4v) is 2.78. The van der Waals surface area contributed by atoms with Crippen molar-refractivity contribution in [2.75, 3.05) is 5.32 Å². The maximum Gasteiger partial charge on any atom is 0.258 e. The van der Waals surface area contributed by atoms with Gasteiger partial charge < -0.3 is 5.32 Å². The van der Waals surface area contributed by atoms with E-state index in [-0.39, 0.29) is 16.4 Å². The van der Waals surface area contributed by atoms with Gasteiger partial charge in [0.15, 0.2) is 5.69 Å². The number of benzene rings is 2. The minimum atomic E-state index is -0.418. The first-order valence-electron chi connectivity index (χ1n) is 7.12. The lowest BCUT2D eigenvalue weighted by atomic mass is 10.0. The average molecular weight is 362 g/mol. The molecular weight excluding hydrogens is 349 g/mol. The molecule has 7 heteroatoms. The number of aromatic nitrogens is 2. The number of nitrogens with one attached hydrogen (secondary N) is 1. The Kier molecular flexibility index (Phi) is 4.55. The Morgan fingerprint density at radius 2 is 1.88 bits per heavy atom. The van der Waals surface area contributed by atoms with Crippen molar-refractivity contribution < 1.29 is 9.42 Å². The highest BCUT2D eigenvalue weighted by Gasteiger charge is 2.19. The van der Waals surface area contributed by atoms with E-state index in [9.17, 15) is 4.79 Å². The number of anilines is 1. The second-order valence-electron chi connectivity index (χ2n) is 5.36. The van der Waals surface area contributed by atoms with Crippen molar-refractivity contribution in [3.63, 3.8) is 0 Å². The van der Waals surface area contributed by atoms with Gasteiger partial charge in [-0.25, -0.2) is 4.63 Å². The van der Waals surface area contributed by atoms with Crippen LogP contribution in [0.25, 0.3) is 11.3 Å². The Morgan fingerprint density at radius 3 is 2.62 bits per heavy atom. The predicted molar refractivity (Wildman–Crippen MR) is 93.6 cm³/mol. The van der Waals surface area contributed by atoms with Crippen molar-refractivity contribution in [1.29, 1.82) is 0 Å². The van der Waals surface area contributed by atoms with Gasteiger partial charge in [0.2, 0.25) is 5.82 Å². The summed E-state index contributed by atoms with van der Waals surface area (Å²) in [5, 5.41) is 11.1. The van der Waals surface area contributed by atoms with E-state index in [0.29, 0.717) is 10.7 Å². The molecule has 122 valence electrons. The maximum absolute atomic E-state index is 12.4. The largest absolute Gasteiger partial charge is 0.302 e. The normalized spacial score (nSPS) is 10.7. The van der Waals surface area contributed by atoms with Crippen LogP contribution in [0.4, 0.5) is 5.82 Å². The van der Waals surface area contributed by atoms with Gasteiger partial charge in [-0.2, -0.15) is 0 Å². The van der Waals surface area contributed by atoms with Gasteiger partial charge in [0.05, 0.1) is 10.6 Å². The lowest BCUT2D eigenvalue weighted by Gasteiger charge is -2.07. The highest BCUT2D eigenvalue weighted by Crippen LogP contribution is 2.29. The SMILES string of the molecule is Cc1ccc(C)c(-c2nonc2NC(=O)c2ccc(Cl)cc2Cl)c1. The summed E-state index contributed by atoms with van der Waals surface area (Å²) in [6.45, 7) is 3.92. The summed E-state index contributed by atoms with van der Waals surface area (Å²) in [6.07, 6.45) is 0. The van der Waals surface area contributed by atoms with Crippen LogP contribution in [0, 0.1) is 13.8 Å². The number of hydrogen-bond donors (Lipinski definition) is 1. The van der Waals surface area contributed by atoms with Crippen molar-refractivity contribution >= 4 is 34.9 Å². The first kappa shape index (κ1) is 16.5. The van der Waals surface area contributed by atoms with Crippen molar-refractivity contribution in [2.24, 2.45) is 0 Å². The monoisotopic (exact) mass is 361 g/mol. The number of carbonyl (C=O) groups is 1. The van der Waals surface area contributed by atoms with E-state index >= 15 is 0 Å². The number of rotatable bonds is 3. The Balaban J connectivity index is 1.93. The quantitative estimate of drug-likeness (QED) is 0.719. The molecule has 0 aliphatic carbocycles. The van der Waals surface area contributed by atoms with Gasteiger partial charge in [-0.15, -0.1) is 0 Å². The minimum absolute atomic E-state index is 0.236. The first-order chi connectivity index (χ1) is 11.5. The summed E-state index contributed by atoms with van der Waals surface area (Å²) in [4.78, 5) is 12.4. The van der Waals surface area contributed by atoms with Crippen molar-refractivity contribution in [2.45, 2.75) is 13.8 Å². The number of hydrogen-bond acceptors (Lipinski definition) is 4. The molecule has 0 aliphatic rings. The molecule has 0 aliphatic heterocycles. The molecule has 1 heterocycles. The second-order valence-corrected chi connectivity index (χ2v) is 6.20. The van der Waals surface area contributed by atoms with Gasteiger partial charge in [-0.3, -0.25) is 4.79 Å². The topological polar surface area (TPSA) is 68.0 Å². The predicted octanol–water partition coefficient (Wildman–Crippen LogP) is 4.91. The van der Waals surface area contributed by atoms with Crippen LogP contribution < -0.4 is 5.32 Å². The Morgan fingerprint density at radius 1 is 1.08 bits per heavy atom. The molecular formula is C17H13Cl2N3O2. The molecule has 0 saturated heterocycles. The smallest absolute Gasteiger partial charge is 0.258 e. The Hall–Kier alpha value is -2.37. The summed E-state index contributed by atoms with van der Waals surface area (Å²) in [7, 11) is 0. The van der Waals surface area contributed by atoms with E-state index in [1.165, 1.54) is 6.07 Å².